The van der Waals surface area contributed by atoms with Crippen LogP contribution in [0.25, 0.3) is 22.0 Å². The lowest BCUT2D eigenvalue weighted by molar-refractivity contribution is -0.117. The zero-order valence-corrected chi connectivity index (χ0v) is 15.7. The third-order valence-electron chi connectivity index (χ3n) is 5.18. The van der Waals surface area contributed by atoms with Gasteiger partial charge in [-0.05, 0) is 47.9 Å². The number of aliphatic hydroxyl groups excluding tert-OH is 1. The molecule has 8 heteroatoms. The van der Waals surface area contributed by atoms with E-state index in [-0.39, 0.29) is 24.3 Å². The number of rotatable bonds is 6. The van der Waals surface area contributed by atoms with Gasteiger partial charge in [-0.3, -0.25) is 9.78 Å². The van der Waals surface area contributed by atoms with Crippen molar-refractivity contribution in [2.45, 2.75) is 19.3 Å². The van der Waals surface area contributed by atoms with Crippen LogP contribution in [0.4, 0.5) is 11.6 Å². The number of aliphatic hydroxyl groups is 1. The number of nitrogens with one attached hydrogen (secondary N) is 1. The van der Waals surface area contributed by atoms with Gasteiger partial charge >= 0.3 is 0 Å². The molecule has 8 nitrogen and oxygen atoms in total. The van der Waals surface area contributed by atoms with Gasteiger partial charge in [0.15, 0.2) is 0 Å². The number of nitrogens with two attached hydrogens (primary N) is 1. The standard InChI is InChI=1S/C21H20N6O2/c22-4-1-13-7-15(13)21(29)27-19-9-14-8-18(26-20(23)17(14)11-25-19)16-10-24-5-2-12(16)3-6-28/h2,5,8-11,13,15,28H,1,3,6-7H2,(H2,23,26)(H,25,27,29)/t13-,15-/m1/s1. The Bertz CT molecular complexity index is 1120. The molecule has 4 rings (SSSR count). The third kappa shape index (κ3) is 3.86. The molecule has 1 saturated carbocycles. The van der Waals surface area contributed by atoms with Gasteiger partial charge < -0.3 is 16.2 Å². The lowest BCUT2D eigenvalue weighted by Gasteiger charge is -2.11. The normalized spacial score (nSPS) is 17.7. The number of nitriles is 1. The predicted octanol–water partition coefficient (Wildman–Crippen LogP) is 2.30. The first-order chi connectivity index (χ1) is 14.1. The first kappa shape index (κ1) is 18.8. The van der Waals surface area contributed by atoms with Gasteiger partial charge in [0.1, 0.15) is 11.6 Å². The number of pyridine rings is 3. The Morgan fingerprint density at radius 3 is 3.03 bits per heavy atom. The van der Waals surface area contributed by atoms with Crippen molar-refractivity contribution < 1.29 is 9.90 Å². The number of fused-ring (bicyclic) bond motifs is 1. The highest BCUT2D eigenvalue weighted by atomic mass is 16.3. The van der Waals surface area contributed by atoms with Gasteiger partial charge in [-0.1, -0.05) is 0 Å². The number of nitrogens with zero attached hydrogens (tertiary/aromatic N) is 4. The quantitative estimate of drug-likeness (QED) is 0.589. The van der Waals surface area contributed by atoms with Crippen molar-refractivity contribution in [1.29, 1.82) is 5.26 Å². The van der Waals surface area contributed by atoms with Crippen LogP contribution >= 0.6 is 0 Å². The molecule has 0 saturated heterocycles. The molecule has 0 bridgehead atoms. The smallest absolute Gasteiger partial charge is 0.228 e. The fourth-order valence-electron chi connectivity index (χ4n) is 3.50. The van der Waals surface area contributed by atoms with Crippen LogP contribution in [0.15, 0.2) is 36.8 Å². The van der Waals surface area contributed by atoms with Gasteiger partial charge in [0.25, 0.3) is 0 Å². The molecule has 4 N–H and O–H groups in total. The van der Waals surface area contributed by atoms with Crippen molar-refractivity contribution >= 4 is 28.3 Å². The molecule has 1 amide bonds. The second-order valence-electron chi connectivity index (χ2n) is 7.14. The Kier molecular flexibility index (Phi) is 5.06. The van der Waals surface area contributed by atoms with Crippen LogP contribution in [0.5, 0.6) is 0 Å². The number of anilines is 2. The fourth-order valence-corrected chi connectivity index (χ4v) is 3.50. The summed E-state index contributed by atoms with van der Waals surface area (Å²) in [5.74, 6) is 0.669. The first-order valence-corrected chi connectivity index (χ1v) is 9.39. The minimum atomic E-state index is -0.123. The maximum absolute atomic E-state index is 12.3. The average molecular weight is 388 g/mol. The minimum absolute atomic E-state index is 0.0220. The molecule has 1 aliphatic rings. The summed E-state index contributed by atoms with van der Waals surface area (Å²) in [6.45, 7) is 0.0220. The zero-order chi connectivity index (χ0) is 20.4. The molecular formula is C21H20N6O2. The molecule has 0 spiro atoms. The number of hydrogen-bond acceptors (Lipinski definition) is 7. The maximum atomic E-state index is 12.3. The molecule has 3 aromatic rings. The number of carbonyl (C=O) groups is 1. The van der Waals surface area contributed by atoms with Gasteiger partial charge in [0.2, 0.25) is 5.91 Å². The largest absolute Gasteiger partial charge is 0.396 e. The Morgan fingerprint density at radius 1 is 1.38 bits per heavy atom. The summed E-state index contributed by atoms with van der Waals surface area (Å²) in [5, 5.41) is 22.4. The van der Waals surface area contributed by atoms with Crippen molar-refractivity contribution in [3.63, 3.8) is 0 Å². The lowest BCUT2D eigenvalue weighted by atomic mass is 10.0. The van der Waals surface area contributed by atoms with E-state index in [9.17, 15) is 9.90 Å². The van der Waals surface area contributed by atoms with E-state index >= 15 is 0 Å². The van der Waals surface area contributed by atoms with Gasteiger partial charge in [0, 0.05) is 48.5 Å². The highest BCUT2D eigenvalue weighted by Gasteiger charge is 2.42. The summed E-state index contributed by atoms with van der Waals surface area (Å²) in [6, 6.07) is 7.59. The van der Waals surface area contributed by atoms with E-state index in [0.29, 0.717) is 35.6 Å². The van der Waals surface area contributed by atoms with E-state index in [2.05, 4.69) is 26.3 Å². The van der Waals surface area contributed by atoms with Crippen molar-refractivity contribution in [3.05, 3.63) is 42.4 Å². The summed E-state index contributed by atoms with van der Waals surface area (Å²) < 4.78 is 0. The van der Waals surface area contributed by atoms with E-state index in [1.807, 2.05) is 12.1 Å². The topological polar surface area (TPSA) is 138 Å². The van der Waals surface area contributed by atoms with E-state index in [4.69, 9.17) is 11.0 Å². The van der Waals surface area contributed by atoms with Crippen LogP contribution in [0.1, 0.15) is 18.4 Å². The van der Waals surface area contributed by atoms with E-state index in [0.717, 1.165) is 22.9 Å². The van der Waals surface area contributed by atoms with Crippen LogP contribution in [-0.2, 0) is 11.2 Å². The molecule has 3 aromatic heterocycles. The van der Waals surface area contributed by atoms with Crippen molar-refractivity contribution in [1.82, 2.24) is 15.0 Å². The van der Waals surface area contributed by atoms with E-state index < -0.39 is 0 Å². The van der Waals surface area contributed by atoms with Crippen molar-refractivity contribution in [2.75, 3.05) is 17.7 Å². The second kappa shape index (κ2) is 7.81. The summed E-state index contributed by atoms with van der Waals surface area (Å²) >= 11 is 0. The molecular weight excluding hydrogens is 368 g/mol. The number of hydrogen-bond donors (Lipinski definition) is 3. The molecule has 3 heterocycles. The number of amides is 1. The van der Waals surface area contributed by atoms with Gasteiger partial charge in [-0.2, -0.15) is 5.26 Å². The molecule has 0 aromatic carbocycles. The molecule has 0 aliphatic heterocycles. The van der Waals surface area contributed by atoms with E-state index in [1.54, 1.807) is 24.7 Å². The van der Waals surface area contributed by atoms with Gasteiger partial charge in [-0.25, -0.2) is 9.97 Å². The Balaban J connectivity index is 1.65. The van der Waals surface area contributed by atoms with Gasteiger partial charge in [0.05, 0.1) is 11.8 Å². The van der Waals surface area contributed by atoms with Crippen LogP contribution in [0, 0.1) is 23.2 Å². The zero-order valence-electron chi connectivity index (χ0n) is 15.7. The van der Waals surface area contributed by atoms with Gasteiger partial charge in [-0.15, -0.1) is 0 Å². The van der Waals surface area contributed by atoms with E-state index in [1.165, 1.54) is 0 Å². The van der Waals surface area contributed by atoms with Crippen LogP contribution in [0.3, 0.4) is 0 Å². The molecule has 146 valence electrons. The number of carbonyl (C=O) groups excluding carboxylic acids is 1. The number of aromatic nitrogens is 3. The third-order valence-corrected chi connectivity index (χ3v) is 5.18. The second-order valence-corrected chi connectivity index (χ2v) is 7.14. The molecule has 1 aliphatic carbocycles. The fraction of sp³-hybridized carbons (Fsp3) is 0.286. The van der Waals surface area contributed by atoms with Crippen LogP contribution < -0.4 is 11.1 Å². The Hall–Kier alpha value is -3.57. The molecule has 0 unspecified atom stereocenters. The SMILES string of the molecule is N#CC[C@@H]1C[C@H]1C(=O)Nc1cc2cc(-c3cnccc3CCO)nc(N)c2cn1. The number of nitrogen functional groups attached to an aromatic ring is 1. The Morgan fingerprint density at radius 2 is 2.24 bits per heavy atom. The summed E-state index contributed by atoms with van der Waals surface area (Å²) in [7, 11) is 0. The molecule has 2 atom stereocenters. The van der Waals surface area contributed by atoms with Crippen LogP contribution in [-0.4, -0.2) is 32.6 Å². The van der Waals surface area contributed by atoms with Crippen molar-refractivity contribution in [3.8, 4) is 17.3 Å². The lowest BCUT2D eigenvalue weighted by Crippen LogP contribution is -2.15. The Labute approximate surface area is 167 Å². The van der Waals surface area contributed by atoms with Crippen molar-refractivity contribution in [2.24, 2.45) is 11.8 Å². The summed E-state index contributed by atoms with van der Waals surface area (Å²) in [5.41, 5.74) is 8.51. The molecule has 0 radical (unpaired) electrons. The molecule has 1 fully saturated rings. The monoisotopic (exact) mass is 388 g/mol. The summed E-state index contributed by atoms with van der Waals surface area (Å²) in [4.78, 5) is 25.3. The van der Waals surface area contributed by atoms with Crippen LogP contribution in [0.2, 0.25) is 0 Å². The highest BCUT2D eigenvalue weighted by molar-refractivity contribution is 5.98. The minimum Gasteiger partial charge on any atom is -0.396 e. The highest BCUT2D eigenvalue weighted by Crippen LogP contribution is 2.41. The average Bonchev–Trinajstić information content (AvgIpc) is 3.48. The maximum Gasteiger partial charge on any atom is 0.228 e. The first-order valence-electron chi connectivity index (χ1n) is 9.39. The molecule has 29 heavy (non-hydrogen) atoms. The summed E-state index contributed by atoms with van der Waals surface area (Å²) in [6.07, 6.45) is 6.59. The predicted molar refractivity (Wildman–Crippen MR) is 108 cm³/mol.